The number of hydrogen-bond acceptors (Lipinski definition) is 2. The zero-order chi connectivity index (χ0) is 13.8. The molecule has 0 bridgehead atoms. The zero-order valence-corrected chi connectivity index (χ0v) is 12.6. The minimum atomic E-state index is 0.126. The van der Waals surface area contributed by atoms with Crippen molar-refractivity contribution in [2.75, 3.05) is 13.1 Å². The molecule has 0 amide bonds. The molecule has 1 fully saturated rings. The molecule has 106 valence electrons. The fourth-order valence-electron chi connectivity index (χ4n) is 3.17. The van der Waals surface area contributed by atoms with Gasteiger partial charge in [0, 0.05) is 18.6 Å². The fourth-order valence-corrected chi connectivity index (χ4v) is 3.17. The van der Waals surface area contributed by atoms with E-state index in [9.17, 15) is 0 Å². The van der Waals surface area contributed by atoms with Crippen LogP contribution < -0.4 is 5.73 Å². The van der Waals surface area contributed by atoms with Gasteiger partial charge in [-0.05, 0) is 44.7 Å². The van der Waals surface area contributed by atoms with E-state index in [0.29, 0.717) is 6.04 Å². The molecule has 1 saturated heterocycles. The average molecular weight is 260 g/mol. The Kier molecular flexibility index (Phi) is 5.00. The number of rotatable bonds is 5. The van der Waals surface area contributed by atoms with Crippen LogP contribution in [0.15, 0.2) is 24.3 Å². The lowest BCUT2D eigenvalue weighted by Crippen LogP contribution is -2.39. The monoisotopic (exact) mass is 260 g/mol. The molecule has 3 atom stereocenters. The van der Waals surface area contributed by atoms with Gasteiger partial charge < -0.3 is 5.73 Å². The number of benzene rings is 1. The molecule has 2 nitrogen and oxygen atoms in total. The lowest BCUT2D eigenvalue weighted by atomic mass is 9.99. The molecule has 3 unspecified atom stereocenters. The maximum atomic E-state index is 6.45. The maximum absolute atomic E-state index is 6.45. The Balaban J connectivity index is 1.96. The van der Waals surface area contributed by atoms with Crippen LogP contribution in [0.3, 0.4) is 0 Å². The number of aryl methyl sites for hydroxylation is 1. The van der Waals surface area contributed by atoms with Gasteiger partial charge in [0.15, 0.2) is 0 Å². The van der Waals surface area contributed by atoms with Gasteiger partial charge >= 0.3 is 0 Å². The molecule has 0 aliphatic carbocycles. The first-order valence-corrected chi connectivity index (χ1v) is 7.68. The summed E-state index contributed by atoms with van der Waals surface area (Å²) in [7, 11) is 0. The van der Waals surface area contributed by atoms with Crippen LogP contribution in [-0.2, 0) is 0 Å². The van der Waals surface area contributed by atoms with Gasteiger partial charge in [-0.3, -0.25) is 4.90 Å². The SMILES string of the molecule is CCCC1CCN(C(C)C(N)c2ccc(C)cc2)C1. The topological polar surface area (TPSA) is 29.3 Å². The van der Waals surface area contributed by atoms with Crippen molar-refractivity contribution in [2.45, 2.75) is 52.1 Å². The first-order valence-electron chi connectivity index (χ1n) is 7.68. The molecule has 0 aromatic heterocycles. The molecule has 1 aliphatic heterocycles. The van der Waals surface area contributed by atoms with E-state index >= 15 is 0 Å². The van der Waals surface area contributed by atoms with Crippen LogP contribution in [0.2, 0.25) is 0 Å². The van der Waals surface area contributed by atoms with E-state index in [4.69, 9.17) is 5.73 Å². The Hall–Kier alpha value is -0.860. The zero-order valence-electron chi connectivity index (χ0n) is 12.6. The number of hydrogen-bond donors (Lipinski definition) is 1. The van der Waals surface area contributed by atoms with E-state index in [0.717, 1.165) is 5.92 Å². The van der Waals surface area contributed by atoms with Crippen molar-refractivity contribution in [3.8, 4) is 0 Å². The average Bonchev–Trinajstić information content (AvgIpc) is 2.87. The summed E-state index contributed by atoms with van der Waals surface area (Å²) in [5.74, 6) is 0.887. The van der Waals surface area contributed by atoms with Crippen molar-refractivity contribution in [3.63, 3.8) is 0 Å². The number of nitrogens with two attached hydrogens (primary N) is 1. The molecule has 2 rings (SSSR count). The summed E-state index contributed by atoms with van der Waals surface area (Å²) in [5, 5.41) is 0. The van der Waals surface area contributed by atoms with Crippen LogP contribution in [0.5, 0.6) is 0 Å². The van der Waals surface area contributed by atoms with Crippen molar-refractivity contribution in [1.29, 1.82) is 0 Å². The summed E-state index contributed by atoms with van der Waals surface area (Å²) in [5.41, 5.74) is 9.01. The van der Waals surface area contributed by atoms with Crippen LogP contribution in [0.25, 0.3) is 0 Å². The van der Waals surface area contributed by atoms with Crippen LogP contribution in [-0.4, -0.2) is 24.0 Å². The molecule has 1 aliphatic rings. The minimum absolute atomic E-state index is 0.126. The third-order valence-electron chi connectivity index (χ3n) is 4.57. The highest BCUT2D eigenvalue weighted by Crippen LogP contribution is 2.27. The van der Waals surface area contributed by atoms with E-state index in [-0.39, 0.29) is 6.04 Å². The number of nitrogens with zero attached hydrogens (tertiary/aromatic N) is 1. The summed E-state index contributed by atoms with van der Waals surface area (Å²) in [6.07, 6.45) is 4.01. The molecular formula is C17H28N2. The Morgan fingerprint density at radius 3 is 2.63 bits per heavy atom. The van der Waals surface area contributed by atoms with Gasteiger partial charge in [0.25, 0.3) is 0 Å². The van der Waals surface area contributed by atoms with Crippen LogP contribution >= 0.6 is 0 Å². The third-order valence-corrected chi connectivity index (χ3v) is 4.57. The maximum Gasteiger partial charge on any atom is 0.0450 e. The summed E-state index contributed by atoms with van der Waals surface area (Å²) >= 11 is 0. The van der Waals surface area contributed by atoms with Gasteiger partial charge in [-0.15, -0.1) is 0 Å². The standard InChI is InChI=1S/C17H28N2/c1-4-5-15-10-11-19(12-15)14(3)17(18)16-8-6-13(2)7-9-16/h6-9,14-15,17H,4-5,10-12,18H2,1-3H3. The van der Waals surface area contributed by atoms with E-state index in [1.165, 1.54) is 43.5 Å². The highest BCUT2D eigenvalue weighted by molar-refractivity contribution is 5.24. The van der Waals surface area contributed by atoms with Gasteiger partial charge in [-0.25, -0.2) is 0 Å². The van der Waals surface area contributed by atoms with Crippen molar-refractivity contribution < 1.29 is 0 Å². The van der Waals surface area contributed by atoms with Gasteiger partial charge in [0.05, 0.1) is 0 Å². The Labute approximate surface area is 118 Å². The first-order chi connectivity index (χ1) is 9.11. The highest BCUT2D eigenvalue weighted by Gasteiger charge is 2.28. The van der Waals surface area contributed by atoms with Crippen molar-refractivity contribution >= 4 is 0 Å². The summed E-state index contributed by atoms with van der Waals surface area (Å²) in [6, 6.07) is 9.23. The molecule has 0 radical (unpaired) electrons. The highest BCUT2D eigenvalue weighted by atomic mass is 15.2. The van der Waals surface area contributed by atoms with Crippen molar-refractivity contribution in [2.24, 2.45) is 11.7 Å². The first kappa shape index (κ1) is 14.5. The van der Waals surface area contributed by atoms with E-state index in [1.807, 2.05) is 0 Å². The van der Waals surface area contributed by atoms with Crippen LogP contribution in [0, 0.1) is 12.8 Å². The van der Waals surface area contributed by atoms with Crippen LogP contribution in [0.1, 0.15) is 50.3 Å². The predicted octanol–water partition coefficient (Wildman–Crippen LogP) is 3.51. The number of likely N-dealkylation sites (tertiary alicyclic amines) is 1. The smallest absolute Gasteiger partial charge is 0.0450 e. The van der Waals surface area contributed by atoms with Gasteiger partial charge in [-0.1, -0.05) is 43.2 Å². The molecule has 0 spiro atoms. The fraction of sp³-hybridized carbons (Fsp3) is 0.647. The summed E-state index contributed by atoms with van der Waals surface area (Å²) in [6.45, 7) is 9.12. The predicted molar refractivity (Wildman–Crippen MR) is 82.2 cm³/mol. The second-order valence-corrected chi connectivity index (χ2v) is 6.12. The van der Waals surface area contributed by atoms with E-state index in [2.05, 4.69) is 49.9 Å². The molecule has 1 heterocycles. The molecule has 19 heavy (non-hydrogen) atoms. The quantitative estimate of drug-likeness (QED) is 0.878. The summed E-state index contributed by atoms with van der Waals surface area (Å²) in [4.78, 5) is 2.57. The van der Waals surface area contributed by atoms with Crippen molar-refractivity contribution in [3.05, 3.63) is 35.4 Å². The lowest BCUT2D eigenvalue weighted by Gasteiger charge is -2.30. The van der Waals surface area contributed by atoms with Gasteiger partial charge in [0.1, 0.15) is 0 Å². The van der Waals surface area contributed by atoms with Gasteiger partial charge in [0.2, 0.25) is 0 Å². The molecule has 0 saturated carbocycles. The summed E-state index contributed by atoms with van der Waals surface area (Å²) < 4.78 is 0. The van der Waals surface area contributed by atoms with Crippen LogP contribution in [0.4, 0.5) is 0 Å². The third kappa shape index (κ3) is 3.58. The van der Waals surface area contributed by atoms with Crippen molar-refractivity contribution in [1.82, 2.24) is 4.90 Å². The molecular weight excluding hydrogens is 232 g/mol. The molecule has 1 aromatic carbocycles. The Morgan fingerprint density at radius 2 is 2.00 bits per heavy atom. The Bertz CT molecular complexity index is 385. The second kappa shape index (κ2) is 6.53. The normalized spacial score (nSPS) is 23.5. The van der Waals surface area contributed by atoms with E-state index < -0.39 is 0 Å². The molecule has 2 heteroatoms. The second-order valence-electron chi connectivity index (χ2n) is 6.12. The minimum Gasteiger partial charge on any atom is -0.323 e. The lowest BCUT2D eigenvalue weighted by molar-refractivity contribution is 0.218. The van der Waals surface area contributed by atoms with Gasteiger partial charge in [-0.2, -0.15) is 0 Å². The largest absolute Gasteiger partial charge is 0.323 e. The Morgan fingerprint density at radius 1 is 1.32 bits per heavy atom. The van der Waals surface area contributed by atoms with E-state index in [1.54, 1.807) is 0 Å². The molecule has 1 aromatic rings. The molecule has 2 N–H and O–H groups in total.